The van der Waals surface area contributed by atoms with E-state index in [0.717, 1.165) is 30.2 Å². The Hall–Kier alpha value is -3.50. The summed E-state index contributed by atoms with van der Waals surface area (Å²) >= 11 is 1.33. The number of carbonyl (C=O) groups is 1. The SMILES string of the molecule is CC(=O)Nc1nc2c(Oc3cc(-c4ccc(C(F)(F)F)cc4CN4CCC[C@H]4C)ccn3)cccc2s1. The molecule has 10 heteroatoms. The second-order valence-electron chi connectivity index (χ2n) is 9.12. The van der Waals surface area contributed by atoms with E-state index < -0.39 is 11.7 Å². The number of pyridine rings is 1. The second-order valence-corrected chi connectivity index (χ2v) is 10.1. The number of hydrogen-bond donors (Lipinski definition) is 1. The molecule has 0 bridgehead atoms. The smallest absolute Gasteiger partial charge is 0.416 e. The van der Waals surface area contributed by atoms with Crippen molar-refractivity contribution < 1.29 is 22.7 Å². The lowest BCUT2D eigenvalue weighted by molar-refractivity contribution is -0.137. The van der Waals surface area contributed by atoms with E-state index in [1.807, 2.05) is 12.1 Å². The van der Waals surface area contributed by atoms with Gasteiger partial charge in [0.2, 0.25) is 11.8 Å². The number of nitrogens with one attached hydrogen (secondary N) is 1. The van der Waals surface area contributed by atoms with Gasteiger partial charge in [-0.25, -0.2) is 9.97 Å². The number of nitrogens with zero attached hydrogens (tertiary/aromatic N) is 3. The zero-order valence-corrected chi connectivity index (χ0v) is 21.1. The molecule has 5 rings (SSSR count). The quantitative estimate of drug-likeness (QED) is 0.290. The number of rotatable bonds is 6. The van der Waals surface area contributed by atoms with Gasteiger partial charge in [-0.05, 0) is 73.3 Å². The van der Waals surface area contributed by atoms with Gasteiger partial charge in [0.1, 0.15) is 5.52 Å². The molecule has 1 fully saturated rings. The highest BCUT2D eigenvalue weighted by Crippen LogP contribution is 2.37. The van der Waals surface area contributed by atoms with E-state index >= 15 is 0 Å². The van der Waals surface area contributed by atoms with Crippen LogP contribution in [0.3, 0.4) is 0 Å². The highest BCUT2D eigenvalue weighted by atomic mass is 32.1. The molecule has 0 aliphatic carbocycles. The molecule has 0 saturated carbocycles. The summed E-state index contributed by atoms with van der Waals surface area (Å²) in [4.78, 5) is 22.4. The minimum atomic E-state index is -4.42. The van der Waals surface area contributed by atoms with E-state index in [0.29, 0.717) is 51.6 Å². The van der Waals surface area contributed by atoms with Crippen LogP contribution >= 0.6 is 11.3 Å². The number of halogens is 3. The molecule has 1 amide bonds. The minimum Gasteiger partial charge on any atom is -0.437 e. The Balaban J connectivity index is 1.48. The molecule has 0 radical (unpaired) electrons. The number of aromatic nitrogens is 2. The first-order chi connectivity index (χ1) is 17.7. The maximum Gasteiger partial charge on any atom is 0.416 e. The van der Waals surface area contributed by atoms with Gasteiger partial charge < -0.3 is 10.1 Å². The number of fused-ring (bicyclic) bond motifs is 1. The number of anilines is 1. The van der Waals surface area contributed by atoms with Gasteiger partial charge in [0.05, 0.1) is 10.3 Å². The number of para-hydroxylation sites is 1. The van der Waals surface area contributed by atoms with E-state index in [9.17, 15) is 18.0 Å². The summed E-state index contributed by atoms with van der Waals surface area (Å²) in [5.41, 5.74) is 1.96. The Morgan fingerprint density at radius 3 is 2.78 bits per heavy atom. The first kappa shape index (κ1) is 25.2. The molecule has 1 saturated heterocycles. The first-order valence-electron chi connectivity index (χ1n) is 11.9. The van der Waals surface area contributed by atoms with Gasteiger partial charge >= 0.3 is 6.18 Å². The number of alkyl halides is 3. The molecule has 1 aliphatic heterocycles. The van der Waals surface area contributed by atoms with Crippen LogP contribution in [0.2, 0.25) is 0 Å². The van der Waals surface area contributed by atoms with Gasteiger partial charge in [0.15, 0.2) is 10.9 Å². The van der Waals surface area contributed by atoms with Crippen LogP contribution in [0.4, 0.5) is 18.3 Å². The molecule has 3 heterocycles. The molecule has 1 atom stereocenters. The van der Waals surface area contributed by atoms with Crippen molar-refractivity contribution in [1.29, 1.82) is 0 Å². The van der Waals surface area contributed by atoms with Gasteiger partial charge in [-0.3, -0.25) is 9.69 Å². The average molecular weight is 527 g/mol. The minimum absolute atomic E-state index is 0.216. The third-order valence-electron chi connectivity index (χ3n) is 6.42. The summed E-state index contributed by atoms with van der Waals surface area (Å²) in [5, 5.41) is 3.15. The van der Waals surface area contributed by atoms with Crippen LogP contribution in [0.1, 0.15) is 37.8 Å². The van der Waals surface area contributed by atoms with Crippen LogP contribution in [0.25, 0.3) is 21.3 Å². The fourth-order valence-corrected chi connectivity index (χ4v) is 5.51. The number of likely N-dealkylation sites (tertiary alicyclic amines) is 1. The summed E-state index contributed by atoms with van der Waals surface area (Å²) in [6.07, 6.45) is -0.769. The van der Waals surface area contributed by atoms with E-state index in [4.69, 9.17) is 4.74 Å². The Labute approximate surface area is 216 Å². The zero-order chi connectivity index (χ0) is 26.2. The number of carbonyl (C=O) groups excluding carboxylic acids is 1. The number of benzene rings is 2. The van der Waals surface area contributed by atoms with Crippen LogP contribution in [0.5, 0.6) is 11.6 Å². The number of thiazole rings is 1. The van der Waals surface area contributed by atoms with Crippen LogP contribution in [-0.2, 0) is 17.5 Å². The Morgan fingerprint density at radius 1 is 1.22 bits per heavy atom. The number of hydrogen-bond acceptors (Lipinski definition) is 6. The second kappa shape index (κ2) is 10.1. The van der Waals surface area contributed by atoms with E-state index in [2.05, 4.69) is 27.1 Å². The van der Waals surface area contributed by atoms with Crippen molar-refractivity contribution in [3.05, 3.63) is 65.9 Å². The molecule has 37 heavy (non-hydrogen) atoms. The van der Waals surface area contributed by atoms with Crippen molar-refractivity contribution in [1.82, 2.24) is 14.9 Å². The third kappa shape index (κ3) is 5.60. The topological polar surface area (TPSA) is 67.3 Å². The summed E-state index contributed by atoms with van der Waals surface area (Å²) in [5.74, 6) is 0.541. The standard InChI is InChI=1S/C27H25F3N4O2S/c1-16-5-4-12-34(16)15-19-13-20(27(28,29)30)8-9-21(19)18-10-11-31-24(14-18)36-22-6-3-7-23-25(22)33-26(37-23)32-17(2)35/h3,6-11,13-14,16H,4-5,12,15H2,1-2H3,(H,32,33,35)/t16-/m1/s1. The fraction of sp³-hybridized carbons (Fsp3) is 0.296. The lowest BCUT2D eigenvalue weighted by Gasteiger charge is -2.23. The number of ether oxygens (including phenoxy) is 1. The molecule has 1 N–H and O–H groups in total. The van der Waals surface area contributed by atoms with Gasteiger partial charge in [0.25, 0.3) is 0 Å². The summed E-state index contributed by atoms with van der Waals surface area (Å²) in [6.45, 7) is 4.82. The van der Waals surface area contributed by atoms with Crippen molar-refractivity contribution in [2.45, 2.75) is 45.5 Å². The molecule has 0 spiro atoms. The Morgan fingerprint density at radius 2 is 2.05 bits per heavy atom. The summed E-state index contributed by atoms with van der Waals surface area (Å²) in [7, 11) is 0. The summed E-state index contributed by atoms with van der Waals surface area (Å²) < 4.78 is 47.5. The molecule has 4 aromatic rings. The average Bonchev–Trinajstić information content (AvgIpc) is 3.44. The molecule has 6 nitrogen and oxygen atoms in total. The third-order valence-corrected chi connectivity index (χ3v) is 7.36. The normalized spacial score (nSPS) is 16.3. The van der Waals surface area contributed by atoms with E-state index in [1.165, 1.54) is 30.4 Å². The van der Waals surface area contributed by atoms with Crippen molar-refractivity contribution in [2.24, 2.45) is 0 Å². The molecule has 1 aliphatic rings. The Bertz CT molecular complexity index is 1450. The molecule has 2 aromatic heterocycles. The van der Waals surface area contributed by atoms with Crippen molar-refractivity contribution >= 4 is 32.6 Å². The predicted molar refractivity (Wildman–Crippen MR) is 138 cm³/mol. The lowest BCUT2D eigenvalue weighted by Crippen LogP contribution is -2.26. The van der Waals surface area contributed by atoms with Gasteiger partial charge in [-0.1, -0.05) is 23.5 Å². The molecule has 2 aromatic carbocycles. The predicted octanol–water partition coefficient (Wildman–Crippen LogP) is 7.11. The van der Waals surface area contributed by atoms with Crippen LogP contribution in [0, 0.1) is 0 Å². The highest BCUT2D eigenvalue weighted by Gasteiger charge is 2.32. The van der Waals surface area contributed by atoms with Crippen LogP contribution < -0.4 is 10.1 Å². The largest absolute Gasteiger partial charge is 0.437 e. The first-order valence-corrected chi connectivity index (χ1v) is 12.7. The Kier molecular flexibility index (Phi) is 6.87. The van der Waals surface area contributed by atoms with Gasteiger partial charge in [-0.15, -0.1) is 0 Å². The van der Waals surface area contributed by atoms with Crippen LogP contribution in [0.15, 0.2) is 54.7 Å². The molecular weight excluding hydrogens is 501 g/mol. The van der Waals surface area contributed by atoms with Crippen molar-refractivity contribution in [3.63, 3.8) is 0 Å². The monoisotopic (exact) mass is 526 g/mol. The zero-order valence-electron chi connectivity index (χ0n) is 20.3. The molecule has 0 unspecified atom stereocenters. The van der Waals surface area contributed by atoms with E-state index in [-0.39, 0.29) is 5.91 Å². The summed E-state index contributed by atoms with van der Waals surface area (Å²) in [6, 6.07) is 13.2. The molecule has 192 valence electrons. The van der Waals surface area contributed by atoms with Gasteiger partial charge in [0, 0.05) is 31.8 Å². The highest BCUT2D eigenvalue weighted by molar-refractivity contribution is 7.22. The fourth-order valence-electron chi connectivity index (χ4n) is 4.58. The van der Waals surface area contributed by atoms with Crippen molar-refractivity contribution in [2.75, 3.05) is 11.9 Å². The number of amides is 1. The lowest BCUT2D eigenvalue weighted by atomic mass is 9.97. The molecular formula is C27H25F3N4O2S. The van der Waals surface area contributed by atoms with Crippen LogP contribution in [-0.4, -0.2) is 33.4 Å². The van der Waals surface area contributed by atoms with Crippen molar-refractivity contribution in [3.8, 4) is 22.8 Å². The maximum absolute atomic E-state index is 13.5. The van der Waals surface area contributed by atoms with Gasteiger partial charge in [-0.2, -0.15) is 13.2 Å². The van der Waals surface area contributed by atoms with E-state index in [1.54, 1.807) is 24.4 Å². The maximum atomic E-state index is 13.5.